The molecule has 1 aliphatic rings. The van der Waals surface area contributed by atoms with Crippen molar-refractivity contribution in [2.75, 3.05) is 24.5 Å². The van der Waals surface area contributed by atoms with Crippen LogP contribution in [0.5, 0.6) is 0 Å². The monoisotopic (exact) mass is 394 g/mol. The van der Waals surface area contributed by atoms with E-state index < -0.39 is 6.09 Å². The molecule has 0 radical (unpaired) electrons. The fourth-order valence-corrected chi connectivity index (χ4v) is 3.26. The number of nitrogens with zero attached hydrogens (tertiary/aromatic N) is 2. The molecule has 0 aromatic heterocycles. The second-order valence-electron chi connectivity index (χ2n) is 5.47. The molecule has 2 aromatic rings. The molecule has 1 aliphatic heterocycles. The van der Waals surface area contributed by atoms with E-state index in [0.717, 1.165) is 15.7 Å². The third kappa shape index (κ3) is 3.62. The molecule has 0 bridgehead atoms. The van der Waals surface area contributed by atoms with Gasteiger partial charge < -0.3 is 14.9 Å². The van der Waals surface area contributed by atoms with E-state index in [2.05, 4.69) is 20.8 Å². The lowest BCUT2D eigenvalue weighted by atomic mass is 10.0. The van der Waals surface area contributed by atoms with Gasteiger partial charge in [0.05, 0.1) is 6.04 Å². The van der Waals surface area contributed by atoms with Crippen LogP contribution in [0.3, 0.4) is 0 Å². The molecule has 3 rings (SSSR count). The maximum absolute atomic E-state index is 11.4. The summed E-state index contributed by atoms with van der Waals surface area (Å²) in [6.45, 7) is 1.58. The molecule has 120 valence electrons. The van der Waals surface area contributed by atoms with E-state index in [0.29, 0.717) is 24.7 Å². The fourth-order valence-electron chi connectivity index (χ4n) is 2.87. The number of hydrogen-bond acceptors (Lipinski definition) is 2. The molecular weight excluding hydrogens is 380 g/mol. The van der Waals surface area contributed by atoms with Gasteiger partial charge in [0.2, 0.25) is 0 Å². The molecule has 4 nitrogen and oxygen atoms in total. The number of carbonyl (C=O) groups is 1. The van der Waals surface area contributed by atoms with Crippen LogP contribution in [0.1, 0.15) is 11.6 Å². The predicted octanol–water partition coefficient (Wildman–Crippen LogP) is 4.64. The molecule has 1 amide bonds. The van der Waals surface area contributed by atoms with Gasteiger partial charge in [-0.05, 0) is 42.0 Å². The Labute approximate surface area is 148 Å². The van der Waals surface area contributed by atoms with Gasteiger partial charge >= 0.3 is 6.09 Å². The Morgan fingerprint density at radius 3 is 2.35 bits per heavy atom. The number of benzene rings is 2. The van der Waals surface area contributed by atoms with Crippen molar-refractivity contribution < 1.29 is 9.90 Å². The molecule has 0 saturated carbocycles. The van der Waals surface area contributed by atoms with Crippen LogP contribution in [-0.2, 0) is 0 Å². The quantitative estimate of drug-likeness (QED) is 0.805. The fraction of sp³-hybridized carbons (Fsp3) is 0.235. The average Bonchev–Trinajstić information content (AvgIpc) is 2.56. The second kappa shape index (κ2) is 6.81. The Bertz CT molecular complexity index is 691. The Hall–Kier alpha value is -1.72. The highest BCUT2D eigenvalue weighted by atomic mass is 79.9. The van der Waals surface area contributed by atoms with Gasteiger partial charge in [-0.2, -0.15) is 0 Å². The number of hydrogen-bond donors (Lipinski definition) is 1. The predicted molar refractivity (Wildman–Crippen MR) is 95.3 cm³/mol. The Kier molecular flexibility index (Phi) is 4.78. The smallest absolute Gasteiger partial charge is 0.407 e. The van der Waals surface area contributed by atoms with Gasteiger partial charge in [-0.25, -0.2) is 4.79 Å². The van der Waals surface area contributed by atoms with Crippen molar-refractivity contribution in [3.8, 4) is 0 Å². The second-order valence-corrected chi connectivity index (χ2v) is 6.82. The summed E-state index contributed by atoms with van der Waals surface area (Å²) in [5.74, 6) is 0. The first kappa shape index (κ1) is 16.1. The van der Waals surface area contributed by atoms with Crippen LogP contribution in [0, 0.1) is 0 Å². The van der Waals surface area contributed by atoms with E-state index in [1.54, 1.807) is 0 Å². The number of carboxylic acid groups (broad SMARTS) is 1. The lowest BCUT2D eigenvalue weighted by Crippen LogP contribution is -2.50. The summed E-state index contributed by atoms with van der Waals surface area (Å²) in [6, 6.07) is 15.7. The van der Waals surface area contributed by atoms with E-state index in [1.165, 1.54) is 4.90 Å². The average molecular weight is 396 g/mol. The molecule has 23 heavy (non-hydrogen) atoms. The van der Waals surface area contributed by atoms with E-state index >= 15 is 0 Å². The lowest BCUT2D eigenvalue weighted by Gasteiger charge is -2.42. The van der Waals surface area contributed by atoms with Gasteiger partial charge in [-0.1, -0.05) is 39.7 Å². The molecule has 2 aromatic carbocycles. The van der Waals surface area contributed by atoms with E-state index in [-0.39, 0.29) is 6.04 Å². The minimum Gasteiger partial charge on any atom is -0.465 e. The summed E-state index contributed by atoms with van der Waals surface area (Å²) in [5.41, 5.74) is 2.14. The normalized spacial score (nSPS) is 18.1. The zero-order valence-electron chi connectivity index (χ0n) is 12.3. The molecule has 0 spiro atoms. The summed E-state index contributed by atoms with van der Waals surface area (Å²) in [5, 5.41) is 10.0. The van der Waals surface area contributed by atoms with Crippen molar-refractivity contribution in [3.63, 3.8) is 0 Å². The van der Waals surface area contributed by atoms with Crippen LogP contribution >= 0.6 is 27.5 Å². The van der Waals surface area contributed by atoms with Crippen LogP contribution < -0.4 is 4.90 Å². The third-order valence-electron chi connectivity index (χ3n) is 4.06. The van der Waals surface area contributed by atoms with E-state index in [9.17, 15) is 9.90 Å². The van der Waals surface area contributed by atoms with Crippen LogP contribution in [0.15, 0.2) is 53.0 Å². The number of rotatable bonds is 2. The van der Waals surface area contributed by atoms with E-state index in [1.807, 2.05) is 48.5 Å². The SMILES string of the molecule is O=C(O)N1CCN(c2ccc(Cl)cc2)C(c2ccc(Br)cc2)C1. The summed E-state index contributed by atoms with van der Waals surface area (Å²) in [4.78, 5) is 15.1. The highest BCUT2D eigenvalue weighted by Gasteiger charge is 2.30. The molecule has 1 fully saturated rings. The largest absolute Gasteiger partial charge is 0.465 e. The molecule has 1 heterocycles. The van der Waals surface area contributed by atoms with Gasteiger partial charge in [0.25, 0.3) is 0 Å². The first-order valence-corrected chi connectivity index (χ1v) is 8.47. The van der Waals surface area contributed by atoms with Crippen molar-refractivity contribution in [2.45, 2.75) is 6.04 Å². The highest BCUT2D eigenvalue weighted by Crippen LogP contribution is 2.32. The first-order valence-electron chi connectivity index (χ1n) is 7.30. The molecule has 1 unspecified atom stereocenters. The first-order chi connectivity index (χ1) is 11.0. The van der Waals surface area contributed by atoms with E-state index in [4.69, 9.17) is 11.6 Å². The van der Waals surface area contributed by atoms with Gasteiger partial charge in [0.15, 0.2) is 0 Å². The van der Waals surface area contributed by atoms with Crippen molar-refractivity contribution in [1.82, 2.24) is 4.90 Å². The molecule has 1 atom stereocenters. The maximum Gasteiger partial charge on any atom is 0.407 e. The summed E-state index contributed by atoms with van der Waals surface area (Å²) >= 11 is 9.42. The van der Waals surface area contributed by atoms with Crippen LogP contribution in [0.25, 0.3) is 0 Å². The van der Waals surface area contributed by atoms with Crippen molar-refractivity contribution >= 4 is 39.3 Å². The molecule has 1 saturated heterocycles. The zero-order valence-corrected chi connectivity index (χ0v) is 14.7. The van der Waals surface area contributed by atoms with Crippen LogP contribution in [0.4, 0.5) is 10.5 Å². The third-order valence-corrected chi connectivity index (χ3v) is 4.84. The minimum atomic E-state index is -0.872. The molecule has 0 aliphatic carbocycles. The van der Waals surface area contributed by atoms with Crippen molar-refractivity contribution in [1.29, 1.82) is 0 Å². The summed E-state index contributed by atoms with van der Waals surface area (Å²) < 4.78 is 1.00. The minimum absolute atomic E-state index is 0.0193. The topological polar surface area (TPSA) is 43.8 Å². The van der Waals surface area contributed by atoms with Gasteiger partial charge in [0.1, 0.15) is 0 Å². The Balaban J connectivity index is 1.94. The van der Waals surface area contributed by atoms with Crippen molar-refractivity contribution in [3.05, 3.63) is 63.6 Å². The lowest BCUT2D eigenvalue weighted by molar-refractivity contribution is 0.135. The van der Waals surface area contributed by atoms with Gasteiger partial charge in [0, 0.05) is 34.8 Å². The van der Waals surface area contributed by atoms with Gasteiger partial charge in [-0.3, -0.25) is 0 Å². The number of anilines is 1. The summed E-state index contributed by atoms with van der Waals surface area (Å²) in [7, 11) is 0. The van der Waals surface area contributed by atoms with Crippen LogP contribution in [0.2, 0.25) is 5.02 Å². The maximum atomic E-state index is 11.4. The number of piperazine rings is 1. The van der Waals surface area contributed by atoms with Gasteiger partial charge in [-0.15, -0.1) is 0 Å². The highest BCUT2D eigenvalue weighted by molar-refractivity contribution is 9.10. The number of amides is 1. The molecule has 1 N–H and O–H groups in total. The standard InChI is InChI=1S/C17H16BrClN2O2/c18-13-3-1-12(2-4-13)16-11-20(17(22)23)9-10-21(16)15-7-5-14(19)6-8-15/h1-8,16H,9-11H2,(H,22,23). The Morgan fingerprint density at radius 2 is 1.74 bits per heavy atom. The molecule has 6 heteroatoms. The van der Waals surface area contributed by atoms with Crippen LogP contribution in [-0.4, -0.2) is 35.7 Å². The molecular formula is C17H16BrClN2O2. The zero-order chi connectivity index (χ0) is 16.4. The summed E-state index contributed by atoms with van der Waals surface area (Å²) in [6.07, 6.45) is -0.872. The Morgan fingerprint density at radius 1 is 1.09 bits per heavy atom. The van der Waals surface area contributed by atoms with Crippen molar-refractivity contribution in [2.24, 2.45) is 0 Å². The number of halogens is 2.